The number of non-ortho nitro benzene ring substituents is 1. The quantitative estimate of drug-likeness (QED) is 0.348. The third-order valence-corrected chi connectivity index (χ3v) is 4.28. The molecule has 0 spiro atoms. The van der Waals surface area contributed by atoms with Crippen LogP contribution < -0.4 is 5.11 Å². The zero-order valence-corrected chi connectivity index (χ0v) is 12.8. The zero-order valence-electron chi connectivity index (χ0n) is 11.2. The van der Waals surface area contributed by atoms with Crippen LogP contribution in [0.5, 0.6) is 0 Å². The first-order valence-electron chi connectivity index (χ1n) is 6.03. The summed E-state index contributed by atoms with van der Waals surface area (Å²) >= 11 is 5.98. The van der Waals surface area contributed by atoms with Crippen molar-refractivity contribution in [3.05, 3.63) is 44.8 Å². The van der Waals surface area contributed by atoms with Gasteiger partial charge in [-0.2, -0.15) is 0 Å². The molecule has 1 aromatic rings. The van der Waals surface area contributed by atoms with E-state index in [1.165, 1.54) is 37.3 Å². The summed E-state index contributed by atoms with van der Waals surface area (Å²) < 4.78 is 0.134. The van der Waals surface area contributed by atoms with Crippen LogP contribution in [0.3, 0.4) is 0 Å². The summed E-state index contributed by atoms with van der Waals surface area (Å²) in [6.45, 7) is 1.31. The van der Waals surface area contributed by atoms with Gasteiger partial charge in [0.15, 0.2) is 0 Å². The smallest absolute Gasteiger partial charge is 0.269 e. The van der Waals surface area contributed by atoms with Crippen molar-refractivity contribution in [2.45, 2.75) is 13.0 Å². The molecule has 1 aliphatic heterocycles. The number of carbonyl (C=O) groups excluding carboxylic acids is 2. The normalized spacial score (nSPS) is 17.9. The lowest BCUT2D eigenvalue weighted by atomic mass is 10.2. The standard InChI is InChI=1S/C13H10N2O5S2/c1-7(12(17)18)14-11(16)10(22-13(14)21)6-8-2-4-9(5-3-8)15(19)20/h2-7H,1H3,(H,17,18)/p-1/b10-6-/t7-/m1/s1. The van der Waals surface area contributed by atoms with Crippen LogP contribution in [0.15, 0.2) is 29.2 Å². The number of hydrogen-bond acceptors (Lipinski definition) is 7. The summed E-state index contributed by atoms with van der Waals surface area (Å²) in [5.74, 6) is -1.92. The molecule has 0 N–H and O–H groups in total. The first-order valence-corrected chi connectivity index (χ1v) is 7.26. The van der Waals surface area contributed by atoms with Crippen LogP contribution in [0.25, 0.3) is 6.08 Å². The van der Waals surface area contributed by atoms with Crippen molar-refractivity contribution < 1.29 is 19.6 Å². The van der Waals surface area contributed by atoms with E-state index in [1.807, 2.05) is 0 Å². The molecule has 0 unspecified atom stereocenters. The van der Waals surface area contributed by atoms with Crippen LogP contribution >= 0.6 is 24.0 Å². The summed E-state index contributed by atoms with van der Waals surface area (Å²) in [6, 6.07) is 4.46. The summed E-state index contributed by atoms with van der Waals surface area (Å²) in [7, 11) is 0. The van der Waals surface area contributed by atoms with Gasteiger partial charge in [0.25, 0.3) is 11.6 Å². The SMILES string of the molecule is C[C@H](C(=O)[O-])N1C(=O)/C(=C/c2ccc([N+](=O)[O-])cc2)SC1=S. The number of amides is 1. The summed E-state index contributed by atoms with van der Waals surface area (Å²) in [5, 5.41) is 21.5. The van der Waals surface area contributed by atoms with Crippen molar-refractivity contribution in [2.24, 2.45) is 0 Å². The van der Waals surface area contributed by atoms with E-state index < -0.39 is 22.8 Å². The van der Waals surface area contributed by atoms with Crippen LogP contribution in [0, 0.1) is 10.1 Å². The van der Waals surface area contributed by atoms with E-state index in [9.17, 15) is 24.8 Å². The Morgan fingerprint density at radius 3 is 2.50 bits per heavy atom. The van der Waals surface area contributed by atoms with Gasteiger partial charge in [-0.3, -0.25) is 19.8 Å². The average Bonchev–Trinajstić information content (AvgIpc) is 2.73. The first kappa shape index (κ1) is 16.1. The molecular formula is C13H9N2O5S2-. The largest absolute Gasteiger partial charge is 0.548 e. The highest BCUT2D eigenvalue weighted by Crippen LogP contribution is 2.34. The Kier molecular flexibility index (Phi) is 4.57. The predicted octanol–water partition coefficient (Wildman–Crippen LogP) is 0.934. The van der Waals surface area contributed by atoms with Gasteiger partial charge in [-0.1, -0.05) is 24.0 Å². The molecule has 22 heavy (non-hydrogen) atoms. The van der Waals surface area contributed by atoms with Crippen molar-refractivity contribution in [1.82, 2.24) is 4.90 Å². The zero-order chi connectivity index (χ0) is 16.4. The number of thioether (sulfide) groups is 1. The molecule has 0 aliphatic carbocycles. The van der Waals surface area contributed by atoms with Crippen LogP contribution in [0.1, 0.15) is 12.5 Å². The van der Waals surface area contributed by atoms with Gasteiger partial charge in [-0.25, -0.2) is 0 Å². The fourth-order valence-electron chi connectivity index (χ4n) is 1.76. The molecule has 0 radical (unpaired) electrons. The first-order chi connectivity index (χ1) is 10.3. The van der Waals surface area contributed by atoms with Gasteiger partial charge in [0, 0.05) is 12.1 Å². The Labute approximate surface area is 134 Å². The summed E-state index contributed by atoms with van der Waals surface area (Å²) in [4.78, 5) is 34.4. The van der Waals surface area contributed by atoms with E-state index in [2.05, 4.69) is 0 Å². The molecule has 1 fully saturated rings. The van der Waals surface area contributed by atoms with Crippen molar-refractivity contribution in [2.75, 3.05) is 0 Å². The molecule has 1 aliphatic rings. The van der Waals surface area contributed by atoms with Crippen LogP contribution in [-0.2, 0) is 9.59 Å². The van der Waals surface area contributed by atoms with Crippen LogP contribution in [0.2, 0.25) is 0 Å². The monoisotopic (exact) mass is 337 g/mol. The van der Waals surface area contributed by atoms with E-state index in [0.717, 1.165) is 16.7 Å². The lowest BCUT2D eigenvalue weighted by Gasteiger charge is -2.23. The number of hydrogen-bond donors (Lipinski definition) is 0. The number of thiocarbonyl (C=S) groups is 1. The van der Waals surface area contributed by atoms with Gasteiger partial charge in [0.2, 0.25) is 0 Å². The minimum atomic E-state index is -1.40. The van der Waals surface area contributed by atoms with Gasteiger partial charge in [-0.05, 0) is 30.7 Å². The molecule has 1 atom stereocenters. The number of rotatable bonds is 4. The Morgan fingerprint density at radius 1 is 1.41 bits per heavy atom. The number of benzene rings is 1. The maximum atomic E-state index is 12.2. The second-order valence-electron chi connectivity index (χ2n) is 4.40. The number of nitrogens with zero attached hydrogens (tertiary/aromatic N) is 2. The summed E-state index contributed by atoms with van der Waals surface area (Å²) in [6.07, 6.45) is 1.50. The average molecular weight is 337 g/mol. The van der Waals surface area contributed by atoms with Gasteiger partial charge >= 0.3 is 0 Å². The van der Waals surface area contributed by atoms with Gasteiger partial charge < -0.3 is 9.90 Å². The molecule has 1 saturated heterocycles. The van der Waals surface area contributed by atoms with Crippen molar-refractivity contribution in [1.29, 1.82) is 0 Å². The van der Waals surface area contributed by atoms with E-state index in [-0.39, 0.29) is 14.9 Å². The minimum Gasteiger partial charge on any atom is -0.548 e. The maximum Gasteiger partial charge on any atom is 0.269 e. The third-order valence-electron chi connectivity index (χ3n) is 2.95. The molecule has 9 heteroatoms. The molecule has 0 bridgehead atoms. The number of carbonyl (C=O) groups is 2. The second-order valence-corrected chi connectivity index (χ2v) is 6.07. The van der Waals surface area contributed by atoms with E-state index in [1.54, 1.807) is 0 Å². The van der Waals surface area contributed by atoms with Gasteiger partial charge in [0.1, 0.15) is 4.32 Å². The minimum absolute atomic E-state index is 0.0599. The molecule has 0 aromatic heterocycles. The fourth-order valence-corrected chi connectivity index (χ4v) is 3.18. The maximum absolute atomic E-state index is 12.2. The van der Waals surface area contributed by atoms with E-state index in [0.29, 0.717) is 5.56 Å². The molecule has 1 heterocycles. The van der Waals surface area contributed by atoms with E-state index in [4.69, 9.17) is 12.2 Å². The van der Waals surface area contributed by atoms with Crippen molar-refractivity contribution in [3.63, 3.8) is 0 Å². The number of carboxylic acid groups (broad SMARTS) is 1. The summed E-state index contributed by atoms with van der Waals surface area (Å²) in [5.41, 5.74) is 0.516. The highest BCUT2D eigenvalue weighted by Gasteiger charge is 2.35. The number of nitro groups is 1. The Bertz CT molecular complexity index is 699. The number of carboxylic acids is 1. The highest BCUT2D eigenvalue weighted by atomic mass is 32.2. The van der Waals surface area contributed by atoms with Gasteiger partial charge in [0.05, 0.1) is 21.8 Å². The van der Waals surface area contributed by atoms with Crippen LogP contribution in [0.4, 0.5) is 5.69 Å². The molecule has 114 valence electrons. The van der Waals surface area contributed by atoms with Crippen LogP contribution in [-0.4, -0.2) is 32.1 Å². The lowest BCUT2D eigenvalue weighted by molar-refractivity contribution is -0.384. The number of aliphatic carboxylic acids is 1. The molecule has 7 nitrogen and oxygen atoms in total. The lowest BCUT2D eigenvalue weighted by Crippen LogP contribution is -2.48. The molecule has 2 rings (SSSR count). The second kappa shape index (κ2) is 6.24. The Hall–Kier alpha value is -2.26. The van der Waals surface area contributed by atoms with Crippen molar-refractivity contribution >= 4 is 51.9 Å². The molecule has 0 saturated carbocycles. The molecule has 1 aromatic carbocycles. The Balaban J connectivity index is 2.26. The Morgan fingerprint density at radius 2 is 2.00 bits per heavy atom. The predicted molar refractivity (Wildman–Crippen MR) is 82.6 cm³/mol. The third kappa shape index (κ3) is 3.15. The molecular weight excluding hydrogens is 328 g/mol. The highest BCUT2D eigenvalue weighted by molar-refractivity contribution is 8.26. The number of nitro benzene ring substituents is 1. The van der Waals surface area contributed by atoms with Crippen molar-refractivity contribution in [3.8, 4) is 0 Å². The fraction of sp³-hybridized carbons (Fsp3) is 0.154. The van der Waals surface area contributed by atoms with Gasteiger partial charge in [-0.15, -0.1) is 0 Å². The topological polar surface area (TPSA) is 104 Å². The van der Waals surface area contributed by atoms with E-state index >= 15 is 0 Å². The molecule has 1 amide bonds.